The molecule has 2 aliphatic rings. The number of carbonyl (C=O) groups excluding carboxylic acids is 4. The third-order valence-corrected chi connectivity index (χ3v) is 22.1. The molecule has 0 aromatic carbocycles. The van der Waals surface area contributed by atoms with Gasteiger partial charge in [-0.3, -0.25) is 19.2 Å². The first kappa shape index (κ1) is 68.2. The molecule has 0 spiro atoms. The number of aryl methyl sites for hydroxylation is 2. The average molecular weight is 1110 g/mol. The third-order valence-electron chi connectivity index (χ3n) is 16.0. The van der Waals surface area contributed by atoms with Gasteiger partial charge in [0.2, 0.25) is 0 Å². The Kier molecular flexibility index (Phi) is 26.3. The molecule has 0 radical (unpaired) electrons. The SMILES string of the molecule is C.C/C1=C/C[C@@H](/C(C)=C/c2csc(C)n2)OC(=O)C[C@H](C)C(C)(C)C(=O)[C@H](C)[C@@H](O[Si](C)(C)C(C)(C)C)[C@@H](C)/C=C/C1.C/C1=C/C[C@@H](/C(C)=C/c2csc(C)n2)OC(=O)C[C@H](O)C(C)(C)C(=O)[C@H](C)[C@@H](O)[C@@H](C)/C=C/C1. The number of ketones is 2. The molecule has 2 N–H and O–H groups in total. The number of thiazole rings is 2. The number of aliphatic hydroxyl groups excluding tert-OH is 2. The van der Waals surface area contributed by atoms with Gasteiger partial charge in [0.25, 0.3) is 0 Å². The van der Waals surface area contributed by atoms with Crippen LogP contribution in [-0.2, 0) is 33.1 Å². The number of nitrogens with zero attached hydrogens (tertiary/aromatic N) is 2. The molecule has 10 atom stereocenters. The van der Waals surface area contributed by atoms with Crippen molar-refractivity contribution in [2.24, 2.45) is 40.4 Å². The molecule has 11 nitrogen and oxygen atoms in total. The predicted octanol–water partition coefficient (Wildman–Crippen LogP) is 15.0. The lowest BCUT2D eigenvalue weighted by Crippen LogP contribution is -2.50. The number of ether oxygens (including phenoxy) is 2. The molecule has 0 aliphatic carbocycles. The van der Waals surface area contributed by atoms with Gasteiger partial charge in [0.15, 0.2) is 8.32 Å². The zero-order valence-corrected chi connectivity index (χ0v) is 51.9. The Morgan fingerprint density at radius 2 is 1.12 bits per heavy atom. The van der Waals surface area contributed by atoms with E-state index in [1.807, 2.05) is 110 Å². The van der Waals surface area contributed by atoms with Gasteiger partial charge in [-0.2, -0.15) is 0 Å². The lowest BCUT2D eigenvalue weighted by molar-refractivity contribution is -0.154. The second-order valence-corrected chi connectivity index (χ2v) is 31.2. The van der Waals surface area contributed by atoms with Crippen molar-refractivity contribution in [3.05, 3.63) is 90.9 Å². The molecule has 0 unspecified atom stereocenters. The first-order valence-corrected chi connectivity index (χ1v) is 31.6. The van der Waals surface area contributed by atoms with Gasteiger partial charge in [0.05, 0.1) is 51.6 Å². The van der Waals surface area contributed by atoms with Gasteiger partial charge in [0.1, 0.15) is 23.8 Å². The Balaban J connectivity index is 0.000000522. The highest BCUT2D eigenvalue weighted by Gasteiger charge is 2.46. The minimum atomic E-state index is -2.14. The highest BCUT2D eigenvalue weighted by molar-refractivity contribution is 7.09. The van der Waals surface area contributed by atoms with E-state index < -0.39 is 49.3 Å². The fraction of sp³-hybridized carbons (Fsp3) is 0.645. The molecule has 0 saturated carbocycles. The number of rotatable bonds is 6. The number of cyclic esters (lactones) is 2. The highest BCUT2D eigenvalue weighted by Crippen LogP contribution is 2.42. The van der Waals surface area contributed by atoms with E-state index in [2.05, 4.69) is 75.9 Å². The van der Waals surface area contributed by atoms with Gasteiger partial charge in [-0.05, 0) is 108 Å². The molecule has 76 heavy (non-hydrogen) atoms. The summed E-state index contributed by atoms with van der Waals surface area (Å²) >= 11 is 3.16. The van der Waals surface area contributed by atoms with E-state index in [0.29, 0.717) is 19.3 Å². The maximum Gasteiger partial charge on any atom is 0.309 e. The topological polar surface area (TPSA) is 162 Å². The number of Topliss-reactive ketones (excluding diaryl/α,β-unsaturated/α-hetero) is 2. The van der Waals surface area contributed by atoms with Crippen molar-refractivity contribution in [3.63, 3.8) is 0 Å². The second kappa shape index (κ2) is 29.3. The summed E-state index contributed by atoms with van der Waals surface area (Å²) in [7, 11) is -2.14. The fourth-order valence-electron chi connectivity index (χ4n) is 9.00. The monoisotopic (exact) mass is 1110 g/mol. The molecule has 4 rings (SSSR count). The summed E-state index contributed by atoms with van der Waals surface area (Å²) < 4.78 is 18.8. The molecule has 426 valence electrons. The molecular weight excluding hydrogens is 1010 g/mol. The van der Waals surface area contributed by atoms with Crippen LogP contribution in [0.5, 0.6) is 0 Å². The van der Waals surface area contributed by atoms with Crippen LogP contribution in [-0.4, -0.2) is 82.5 Å². The number of aromatic nitrogens is 2. The summed E-state index contributed by atoms with van der Waals surface area (Å²) in [6.45, 7) is 40.0. The number of allylic oxidation sites excluding steroid dienone is 4. The minimum Gasteiger partial charge on any atom is -0.457 e. The Bertz CT molecular complexity index is 2450. The standard InChI is InChI=1S/C34H55NO4SSi.C27H39NO5S.CH4/c1-22-15-14-16-23(2)31(39-41(12,13)33(7,8)9)26(5)32(37)34(10,11)25(4)20-30(36)38-29(18-17-22)24(3)19-28-21-40-27(6)35-28;1-16-9-8-10-17(2)25(31)19(4)26(32)27(6,7)23(29)14-24(30)33-22(12-11-16)18(3)13-21-15-34-20(5)28-21;/h14,16-17,19,21,23,25-26,29,31H,15,18,20H2,1-13H3;8,10-11,13,15,17,19,22-23,25,29,31H,9,12,14H2,1-7H3;1H4/b16-14+,22-17-,24-19+;10-8+,16-11-,18-13+;/t23-,25-,26+,29-,31-;17-,19+,22-,23-,25-;/m00./s1. The molecule has 0 bridgehead atoms. The number of esters is 2. The van der Waals surface area contributed by atoms with Crippen molar-refractivity contribution < 1.29 is 43.3 Å². The fourth-order valence-corrected chi connectivity index (χ4v) is 11.6. The van der Waals surface area contributed by atoms with Crippen molar-refractivity contribution in [1.29, 1.82) is 0 Å². The summed E-state index contributed by atoms with van der Waals surface area (Å²) in [5.74, 6) is -2.35. The van der Waals surface area contributed by atoms with E-state index in [4.69, 9.17) is 13.9 Å². The molecule has 14 heteroatoms. The van der Waals surface area contributed by atoms with Crippen LogP contribution in [0.3, 0.4) is 0 Å². The van der Waals surface area contributed by atoms with Gasteiger partial charge >= 0.3 is 11.9 Å². The maximum atomic E-state index is 14.1. The van der Waals surface area contributed by atoms with Crippen molar-refractivity contribution >= 4 is 66.6 Å². The minimum absolute atomic E-state index is 0. The maximum absolute atomic E-state index is 14.1. The normalized spacial score (nSPS) is 30.7. The summed E-state index contributed by atoms with van der Waals surface area (Å²) in [6, 6.07) is 0. The van der Waals surface area contributed by atoms with Crippen molar-refractivity contribution in [3.8, 4) is 0 Å². The zero-order chi connectivity index (χ0) is 57.0. The molecule has 0 saturated heterocycles. The van der Waals surface area contributed by atoms with Crippen LogP contribution >= 0.6 is 22.7 Å². The van der Waals surface area contributed by atoms with Gasteiger partial charge in [-0.1, -0.05) is 138 Å². The van der Waals surface area contributed by atoms with E-state index in [-0.39, 0.29) is 78.7 Å². The van der Waals surface area contributed by atoms with Crippen LogP contribution in [0.15, 0.2) is 69.5 Å². The Morgan fingerprint density at radius 3 is 1.54 bits per heavy atom. The van der Waals surface area contributed by atoms with Crippen LogP contribution < -0.4 is 0 Å². The molecule has 2 aromatic rings. The van der Waals surface area contributed by atoms with Gasteiger partial charge < -0.3 is 24.1 Å². The summed E-state index contributed by atoms with van der Waals surface area (Å²) in [5.41, 5.74) is 3.90. The van der Waals surface area contributed by atoms with E-state index in [0.717, 1.165) is 44.5 Å². The molecule has 0 fully saturated rings. The van der Waals surface area contributed by atoms with Gasteiger partial charge in [-0.25, -0.2) is 9.97 Å². The van der Waals surface area contributed by atoms with E-state index >= 15 is 0 Å². The molecular formula is C62H98N2O9S2Si. The quantitative estimate of drug-likeness (QED) is 0.161. The number of hydrogen-bond acceptors (Lipinski definition) is 13. The van der Waals surface area contributed by atoms with E-state index in [9.17, 15) is 29.4 Å². The molecule has 0 amide bonds. The lowest BCUT2D eigenvalue weighted by atomic mass is 9.69. The number of aliphatic hydroxyl groups is 2. The van der Waals surface area contributed by atoms with Gasteiger partial charge in [-0.15, -0.1) is 22.7 Å². The Hall–Kier alpha value is -3.92. The second-order valence-electron chi connectivity index (χ2n) is 24.3. The van der Waals surface area contributed by atoms with E-state index in [1.165, 1.54) is 5.57 Å². The predicted molar refractivity (Wildman–Crippen MR) is 318 cm³/mol. The molecule has 4 heterocycles. The van der Waals surface area contributed by atoms with Crippen LogP contribution in [0.25, 0.3) is 12.2 Å². The molecule has 2 aromatic heterocycles. The zero-order valence-electron chi connectivity index (χ0n) is 49.3. The third kappa shape index (κ3) is 19.8. The van der Waals surface area contributed by atoms with Crippen LogP contribution in [0.1, 0.15) is 178 Å². The smallest absolute Gasteiger partial charge is 0.309 e. The summed E-state index contributed by atoms with van der Waals surface area (Å²) in [4.78, 5) is 62.4. The Labute approximate surface area is 468 Å². The average Bonchev–Trinajstić information content (AvgIpc) is 3.93. The molecule has 2 aliphatic heterocycles. The number of carbonyl (C=O) groups is 4. The first-order chi connectivity index (χ1) is 34.6. The number of hydrogen-bond donors (Lipinski definition) is 2. The van der Waals surface area contributed by atoms with Crippen LogP contribution in [0.4, 0.5) is 0 Å². The first-order valence-electron chi connectivity index (χ1n) is 27.0. The van der Waals surface area contributed by atoms with Crippen LogP contribution in [0.2, 0.25) is 18.1 Å². The van der Waals surface area contributed by atoms with Crippen molar-refractivity contribution in [2.75, 3.05) is 0 Å². The van der Waals surface area contributed by atoms with Gasteiger partial charge in [0, 0.05) is 53.2 Å². The largest absolute Gasteiger partial charge is 0.457 e. The van der Waals surface area contributed by atoms with Crippen LogP contribution in [0, 0.1) is 54.3 Å². The lowest BCUT2D eigenvalue weighted by Gasteiger charge is -2.43. The van der Waals surface area contributed by atoms with Crippen molar-refractivity contribution in [2.45, 2.75) is 219 Å². The summed E-state index contributed by atoms with van der Waals surface area (Å²) in [5, 5.41) is 27.5. The highest BCUT2D eigenvalue weighted by atomic mass is 32.1. The summed E-state index contributed by atoms with van der Waals surface area (Å²) in [6.07, 6.45) is 15.7. The van der Waals surface area contributed by atoms with E-state index in [1.54, 1.807) is 43.4 Å². The van der Waals surface area contributed by atoms with Crippen molar-refractivity contribution in [1.82, 2.24) is 9.97 Å². The Morgan fingerprint density at radius 1 is 0.697 bits per heavy atom.